The molecule has 3 N–H and O–H groups in total. The lowest BCUT2D eigenvalue weighted by atomic mass is 9.73. The number of alkyl carbamates (subject to hydrolysis) is 1. The average molecular weight is 357 g/mol. The van der Waals surface area contributed by atoms with Gasteiger partial charge in [-0.3, -0.25) is 0 Å². The lowest BCUT2D eigenvalue weighted by Crippen LogP contribution is -2.44. The first-order valence-electron chi connectivity index (χ1n) is 8.92. The maximum atomic E-state index is 11.7. The number of aromatic amines is 1. The molecule has 0 spiro atoms. The fourth-order valence-electron chi connectivity index (χ4n) is 3.22. The molecule has 1 aliphatic rings. The molecule has 1 fully saturated rings. The molecule has 2 heterocycles. The first-order valence-corrected chi connectivity index (χ1v) is 8.92. The van der Waals surface area contributed by atoms with Crippen LogP contribution in [0.4, 0.5) is 4.79 Å². The molecule has 26 heavy (non-hydrogen) atoms. The smallest absolute Gasteiger partial charge is 0.519 e. The summed E-state index contributed by atoms with van der Waals surface area (Å²) in [5.74, 6) is 0.735. The van der Waals surface area contributed by atoms with Crippen molar-refractivity contribution in [2.24, 2.45) is 5.92 Å². The Morgan fingerprint density at radius 3 is 3.00 bits per heavy atom. The number of fused-ring (bicyclic) bond motifs is 1. The second kappa shape index (κ2) is 7.82. The zero-order chi connectivity index (χ0) is 18.7. The first-order chi connectivity index (χ1) is 12.5. The van der Waals surface area contributed by atoms with Gasteiger partial charge in [-0.1, -0.05) is 13.5 Å². The Kier molecular flexibility index (Phi) is 5.51. The number of amides is 1. The molecule has 0 saturated heterocycles. The molecular weight excluding hydrogens is 333 g/mol. The normalized spacial score (nSPS) is 18.9. The zero-order valence-electron chi connectivity index (χ0n) is 15.1. The lowest BCUT2D eigenvalue weighted by Gasteiger charge is -2.37. The third kappa shape index (κ3) is 3.85. The van der Waals surface area contributed by atoms with Crippen LogP contribution in [0.3, 0.4) is 0 Å². The number of hydrogen-bond donors (Lipinski definition) is 3. The SMILES string of the molecule is C=C(c1c(OB(C)O)cnc2[nH]ccc12)[C@H]1C[C@@H](NC(=O)OCCC)C1. The molecule has 3 rings (SSSR count). The number of carbonyl (C=O) groups excluding carboxylic acids is 1. The lowest BCUT2D eigenvalue weighted by molar-refractivity contribution is 0.133. The first kappa shape index (κ1) is 18.3. The summed E-state index contributed by atoms with van der Waals surface area (Å²) in [6.07, 6.45) is 5.44. The standard InChI is InChI=1S/C18H24BN3O4/c1-4-7-25-18(23)22-13-8-12(9-13)11(2)16-14-5-6-20-17(14)21-10-15(16)26-19(3)24/h5-6,10,12-13,24H,2,4,7-9H2,1,3H3,(H,20,21)(H,22,23)/t12-,13+. The predicted molar refractivity (Wildman–Crippen MR) is 101 cm³/mol. The van der Waals surface area contributed by atoms with E-state index in [4.69, 9.17) is 9.39 Å². The van der Waals surface area contributed by atoms with Crippen LogP contribution in [0.25, 0.3) is 16.6 Å². The van der Waals surface area contributed by atoms with Gasteiger partial charge in [-0.15, -0.1) is 0 Å². The van der Waals surface area contributed by atoms with Crippen LogP contribution >= 0.6 is 0 Å². The maximum Gasteiger partial charge on any atom is 0.519 e. The van der Waals surface area contributed by atoms with Crippen LogP contribution in [0.1, 0.15) is 31.7 Å². The van der Waals surface area contributed by atoms with Crippen LogP contribution in [0.15, 0.2) is 25.0 Å². The maximum absolute atomic E-state index is 11.7. The Labute approximate surface area is 152 Å². The van der Waals surface area contributed by atoms with Gasteiger partial charge in [0.25, 0.3) is 0 Å². The molecular formula is C18H24BN3O4. The van der Waals surface area contributed by atoms with Crippen LogP contribution in [-0.4, -0.2) is 40.9 Å². The number of pyridine rings is 1. The summed E-state index contributed by atoms with van der Waals surface area (Å²) in [4.78, 5) is 19.0. The summed E-state index contributed by atoms with van der Waals surface area (Å²) < 4.78 is 10.6. The van der Waals surface area contributed by atoms with E-state index in [-0.39, 0.29) is 18.1 Å². The van der Waals surface area contributed by atoms with Crippen molar-refractivity contribution < 1.29 is 19.2 Å². The summed E-state index contributed by atoms with van der Waals surface area (Å²) in [6, 6.07) is 2.01. The van der Waals surface area contributed by atoms with Crippen molar-refractivity contribution in [2.45, 2.75) is 39.1 Å². The number of carbonyl (C=O) groups is 1. The molecule has 0 aliphatic heterocycles. The van der Waals surface area contributed by atoms with E-state index < -0.39 is 7.12 Å². The van der Waals surface area contributed by atoms with Crippen molar-refractivity contribution in [3.63, 3.8) is 0 Å². The van der Waals surface area contributed by atoms with Gasteiger partial charge in [0.1, 0.15) is 11.4 Å². The van der Waals surface area contributed by atoms with E-state index in [1.54, 1.807) is 13.0 Å². The van der Waals surface area contributed by atoms with Gasteiger partial charge in [0.2, 0.25) is 0 Å². The largest absolute Gasteiger partial charge is 0.535 e. The quantitative estimate of drug-likeness (QED) is 0.662. The van der Waals surface area contributed by atoms with E-state index in [1.165, 1.54) is 0 Å². The Bertz CT molecular complexity index is 799. The highest BCUT2D eigenvalue weighted by molar-refractivity contribution is 6.41. The number of nitrogens with zero attached hydrogens (tertiary/aromatic N) is 1. The number of ether oxygens (including phenoxy) is 1. The summed E-state index contributed by atoms with van der Waals surface area (Å²) in [6.45, 7) is 8.20. The van der Waals surface area contributed by atoms with Gasteiger partial charge in [-0.05, 0) is 43.6 Å². The molecule has 0 radical (unpaired) electrons. The molecule has 0 bridgehead atoms. The van der Waals surface area contributed by atoms with E-state index in [0.717, 1.165) is 41.4 Å². The van der Waals surface area contributed by atoms with Crippen LogP contribution < -0.4 is 9.97 Å². The summed E-state index contributed by atoms with van der Waals surface area (Å²) in [5, 5.41) is 13.4. The van der Waals surface area contributed by atoms with Gasteiger partial charge in [0.15, 0.2) is 0 Å². The molecule has 2 aromatic rings. The Hall–Kier alpha value is -2.48. The molecule has 1 saturated carbocycles. The molecule has 1 amide bonds. The average Bonchev–Trinajstić information content (AvgIpc) is 3.03. The van der Waals surface area contributed by atoms with Gasteiger partial charge < -0.3 is 24.7 Å². The summed E-state index contributed by atoms with van der Waals surface area (Å²) >= 11 is 0. The summed E-state index contributed by atoms with van der Waals surface area (Å²) in [7, 11) is -0.941. The van der Waals surface area contributed by atoms with Crippen molar-refractivity contribution in [1.29, 1.82) is 0 Å². The van der Waals surface area contributed by atoms with E-state index >= 15 is 0 Å². The summed E-state index contributed by atoms with van der Waals surface area (Å²) in [5.41, 5.74) is 2.53. The highest BCUT2D eigenvalue weighted by atomic mass is 16.5. The van der Waals surface area contributed by atoms with Gasteiger partial charge >= 0.3 is 13.2 Å². The molecule has 0 atom stereocenters. The minimum atomic E-state index is -0.941. The highest BCUT2D eigenvalue weighted by Crippen LogP contribution is 2.43. The molecule has 0 unspecified atom stereocenters. The Balaban J connectivity index is 1.71. The number of nitrogens with one attached hydrogen (secondary N) is 2. The number of aromatic nitrogens is 2. The molecule has 8 heteroatoms. The van der Waals surface area contributed by atoms with E-state index in [9.17, 15) is 9.82 Å². The van der Waals surface area contributed by atoms with E-state index in [0.29, 0.717) is 12.4 Å². The number of H-pyrrole nitrogens is 1. The van der Waals surface area contributed by atoms with Gasteiger partial charge in [-0.2, -0.15) is 0 Å². The molecule has 7 nitrogen and oxygen atoms in total. The third-order valence-corrected chi connectivity index (χ3v) is 4.56. The van der Waals surface area contributed by atoms with Crippen molar-refractivity contribution in [1.82, 2.24) is 15.3 Å². The third-order valence-electron chi connectivity index (χ3n) is 4.56. The Morgan fingerprint density at radius 2 is 2.31 bits per heavy atom. The Morgan fingerprint density at radius 1 is 1.54 bits per heavy atom. The topological polar surface area (TPSA) is 96.5 Å². The number of rotatable bonds is 7. The minimum absolute atomic E-state index is 0.0887. The molecule has 2 aromatic heterocycles. The fraction of sp³-hybridized carbons (Fsp3) is 0.444. The van der Waals surface area contributed by atoms with Crippen molar-refractivity contribution in [3.8, 4) is 5.75 Å². The zero-order valence-corrected chi connectivity index (χ0v) is 15.1. The van der Waals surface area contributed by atoms with Crippen LogP contribution in [0, 0.1) is 5.92 Å². The van der Waals surface area contributed by atoms with Crippen LogP contribution in [0.5, 0.6) is 5.75 Å². The number of allylic oxidation sites excluding steroid dienone is 1. The fourth-order valence-corrected chi connectivity index (χ4v) is 3.22. The van der Waals surface area contributed by atoms with Gasteiger partial charge in [-0.25, -0.2) is 9.78 Å². The van der Waals surface area contributed by atoms with Crippen molar-refractivity contribution in [2.75, 3.05) is 6.61 Å². The van der Waals surface area contributed by atoms with E-state index in [2.05, 4.69) is 21.9 Å². The molecule has 0 aromatic carbocycles. The minimum Gasteiger partial charge on any atom is -0.535 e. The van der Waals surface area contributed by atoms with Crippen molar-refractivity contribution in [3.05, 3.63) is 30.6 Å². The molecule has 138 valence electrons. The van der Waals surface area contributed by atoms with Crippen molar-refractivity contribution >= 4 is 29.8 Å². The van der Waals surface area contributed by atoms with E-state index in [1.807, 2.05) is 19.2 Å². The second-order valence-electron chi connectivity index (χ2n) is 6.63. The predicted octanol–water partition coefficient (Wildman–Crippen LogP) is 2.98. The second-order valence-corrected chi connectivity index (χ2v) is 6.63. The number of hydrogen-bond acceptors (Lipinski definition) is 5. The van der Waals surface area contributed by atoms with Gasteiger partial charge in [0, 0.05) is 23.2 Å². The monoisotopic (exact) mass is 357 g/mol. The van der Waals surface area contributed by atoms with Crippen LogP contribution in [0.2, 0.25) is 6.82 Å². The van der Waals surface area contributed by atoms with Gasteiger partial charge in [0.05, 0.1) is 12.8 Å². The highest BCUT2D eigenvalue weighted by Gasteiger charge is 2.34. The molecule has 1 aliphatic carbocycles. The van der Waals surface area contributed by atoms with Crippen LogP contribution in [-0.2, 0) is 4.74 Å².